The van der Waals surface area contributed by atoms with E-state index >= 15 is 0 Å². The number of carbonyl (C=O) groups is 1. The van der Waals surface area contributed by atoms with Crippen molar-refractivity contribution in [3.8, 4) is 0 Å². The van der Waals surface area contributed by atoms with Gasteiger partial charge in [-0.1, -0.05) is 26.0 Å². The number of hydrogen-bond donors (Lipinski definition) is 1. The van der Waals surface area contributed by atoms with Crippen molar-refractivity contribution >= 4 is 11.6 Å². The van der Waals surface area contributed by atoms with Crippen LogP contribution in [0.2, 0.25) is 0 Å². The summed E-state index contributed by atoms with van der Waals surface area (Å²) in [5, 5.41) is 1.76. The molecular formula is C12H13F4NO. The van der Waals surface area contributed by atoms with Gasteiger partial charge in [-0.15, -0.1) is 0 Å². The fourth-order valence-electron chi connectivity index (χ4n) is 1.26. The van der Waals surface area contributed by atoms with Crippen LogP contribution in [0.3, 0.4) is 0 Å². The number of benzene rings is 1. The van der Waals surface area contributed by atoms with Crippen LogP contribution in [0.1, 0.15) is 25.3 Å². The summed E-state index contributed by atoms with van der Waals surface area (Å²) < 4.78 is 49.2. The largest absolute Gasteiger partial charge is 0.383 e. The van der Waals surface area contributed by atoms with E-state index in [1.807, 2.05) is 13.8 Å². The molecule has 0 heterocycles. The minimum absolute atomic E-state index is 0.0599. The van der Waals surface area contributed by atoms with Crippen LogP contribution in [-0.4, -0.2) is 18.3 Å². The predicted molar refractivity (Wildman–Crippen MR) is 60.1 cm³/mol. The first-order valence-corrected chi connectivity index (χ1v) is 5.32. The number of anilines is 1. The Kier molecular flexibility index (Phi) is 4.32. The standard InChI is InChI=1S/C12H13F4NO/c1-7(2)8-3-5-9(6-4-8)17-11(18)12(15,16)10(13)14/h3-7,10H,1-2H3,(H,17,18). The number of halogens is 4. The third-order valence-corrected chi connectivity index (χ3v) is 2.41. The molecule has 0 aliphatic rings. The van der Waals surface area contributed by atoms with E-state index in [9.17, 15) is 22.4 Å². The number of amides is 1. The number of alkyl halides is 4. The van der Waals surface area contributed by atoms with E-state index in [0.29, 0.717) is 0 Å². The maximum atomic E-state index is 12.7. The van der Waals surface area contributed by atoms with Gasteiger partial charge in [0.25, 0.3) is 0 Å². The summed E-state index contributed by atoms with van der Waals surface area (Å²) in [5.41, 5.74) is 1.01. The molecule has 0 atom stereocenters. The highest BCUT2D eigenvalue weighted by molar-refractivity contribution is 5.96. The smallest absolute Gasteiger partial charge is 0.321 e. The lowest BCUT2D eigenvalue weighted by molar-refractivity contribution is -0.163. The molecule has 0 aliphatic carbocycles. The molecule has 6 heteroatoms. The van der Waals surface area contributed by atoms with E-state index in [-0.39, 0.29) is 11.6 Å². The molecule has 1 amide bonds. The normalized spacial score (nSPS) is 12.0. The summed E-state index contributed by atoms with van der Waals surface area (Å²) in [7, 11) is 0. The van der Waals surface area contributed by atoms with Crippen molar-refractivity contribution in [2.45, 2.75) is 32.1 Å². The minimum Gasteiger partial charge on any atom is -0.321 e. The van der Waals surface area contributed by atoms with Crippen molar-refractivity contribution in [3.05, 3.63) is 29.8 Å². The molecule has 0 spiro atoms. The van der Waals surface area contributed by atoms with Crippen LogP contribution in [0.5, 0.6) is 0 Å². The second-order valence-corrected chi connectivity index (χ2v) is 4.15. The summed E-state index contributed by atoms with van der Waals surface area (Å²) in [4.78, 5) is 11.0. The highest BCUT2D eigenvalue weighted by Crippen LogP contribution is 2.25. The molecule has 0 aliphatic heterocycles. The van der Waals surface area contributed by atoms with Crippen molar-refractivity contribution in [1.29, 1.82) is 0 Å². The van der Waals surface area contributed by atoms with Gasteiger partial charge in [0.15, 0.2) is 0 Å². The number of nitrogens with one attached hydrogen (secondary N) is 1. The van der Waals surface area contributed by atoms with Crippen LogP contribution in [0, 0.1) is 0 Å². The van der Waals surface area contributed by atoms with Crippen LogP contribution in [0.15, 0.2) is 24.3 Å². The fourth-order valence-corrected chi connectivity index (χ4v) is 1.26. The molecule has 1 aromatic carbocycles. The second kappa shape index (κ2) is 5.37. The van der Waals surface area contributed by atoms with Crippen LogP contribution in [0.25, 0.3) is 0 Å². The quantitative estimate of drug-likeness (QED) is 0.825. The lowest BCUT2D eigenvalue weighted by Gasteiger charge is -2.15. The molecule has 0 bridgehead atoms. The number of rotatable bonds is 4. The van der Waals surface area contributed by atoms with Gasteiger partial charge in [-0.3, -0.25) is 4.79 Å². The topological polar surface area (TPSA) is 29.1 Å². The molecule has 0 fully saturated rings. The van der Waals surface area contributed by atoms with Gasteiger partial charge >= 0.3 is 18.3 Å². The van der Waals surface area contributed by atoms with Gasteiger partial charge < -0.3 is 5.32 Å². The average Bonchev–Trinajstić information content (AvgIpc) is 2.29. The van der Waals surface area contributed by atoms with Crippen LogP contribution < -0.4 is 5.32 Å². The van der Waals surface area contributed by atoms with Gasteiger partial charge in [-0.2, -0.15) is 8.78 Å². The zero-order valence-electron chi connectivity index (χ0n) is 9.88. The van der Waals surface area contributed by atoms with E-state index in [1.165, 1.54) is 12.1 Å². The third-order valence-electron chi connectivity index (χ3n) is 2.41. The van der Waals surface area contributed by atoms with Crippen molar-refractivity contribution < 1.29 is 22.4 Å². The van der Waals surface area contributed by atoms with Gasteiger partial charge in [0, 0.05) is 5.69 Å². The highest BCUT2D eigenvalue weighted by Gasteiger charge is 2.48. The molecule has 18 heavy (non-hydrogen) atoms. The molecule has 100 valence electrons. The van der Waals surface area contributed by atoms with Gasteiger partial charge in [0.2, 0.25) is 0 Å². The molecule has 0 aromatic heterocycles. The van der Waals surface area contributed by atoms with E-state index in [0.717, 1.165) is 5.56 Å². The van der Waals surface area contributed by atoms with Crippen molar-refractivity contribution in [2.24, 2.45) is 0 Å². The Labute approximate surface area is 102 Å². The first-order chi connectivity index (χ1) is 8.25. The molecule has 0 unspecified atom stereocenters. The molecule has 2 nitrogen and oxygen atoms in total. The summed E-state index contributed by atoms with van der Waals surface area (Å²) in [6, 6.07) is 6.07. The molecule has 0 saturated heterocycles. The Balaban J connectivity index is 2.77. The van der Waals surface area contributed by atoms with Gasteiger partial charge in [-0.05, 0) is 23.6 Å². The molecule has 0 saturated carbocycles. The van der Waals surface area contributed by atoms with E-state index < -0.39 is 18.3 Å². The van der Waals surface area contributed by atoms with E-state index in [4.69, 9.17) is 0 Å². The SMILES string of the molecule is CC(C)c1ccc(NC(=O)C(F)(F)C(F)F)cc1. The van der Waals surface area contributed by atoms with Gasteiger partial charge in [-0.25, -0.2) is 8.78 Å². The molecule has 1 N–H and O–H groups in total. The summed E-state index contributed by atoms with van der Waals surface area (Å²) >= 11 is 0. The summed E-state index contributed by atoms with van der Waals surface area (Å²) in [6.07, 6.45) is -4.02. The molecule has 1 rings (SSSR count). The van der Waals surface area contributed by atoms with Crippen molar-refractivity contribution in [3.63, 3.8) is 0 Å². The van der Waals surface area contributed by atoms with Gasteiger partial charge in [0.05, 0.1) is 0 Å². The summed E-state index contributed by atoms with van der Waals surface area (Å²) in [6.45, 7) is 3.89. The Morgan fingerprint density at radius 2 is 1.67 bits per heavy atom. The Morgan fingerprint density at radius 1 is 1.17 bits per heavy atom. The first-order valence-electron chi connectivity index (χ1n) is 5.32. The highest BCUT2D eigenvalue weighted by atomic mass is 19.3. The molecule has 1 aromatic rings. The molecule has 0 radical (unpaired) electrons. The molecular weight excluding hydrogens is 250 g/mol. The van der Waals surface area contributed by atoms with E-state index in [1.54, 1.807) is 17.4 Å². The number of carbonyl (C=O) groups excluding carboxylic acids is 1. The lowest BCUT2D eigenvalue weighted by atomic mass is 10.0. The number of hydrogen-bond acceptors (Lipinski definition) is 1. The Morgan fingerprint density at radius 3 is 2.06 bits per heavy atom. The van der Waals surface area contributed by atoms with Crippen LogP contribution >= 0.6 is 0 Å². The van der Waals surface area contributed by atoms with Crippen LogP contribution in [-0.2, 0) is 4.79 Å². The lowest BCUT2D eigenvalue weighted by Crippen LogP contribution is -2.40. The van der Waals surface area contributed by atoms with E-state index in [2.05, 4.69) is 0 Å². The average molecular weight is 263 g/mol. The van der Waals surface area contributed by atoms with Crippen molar-refractivity contribution in [1.82, 2.24) is 0 Å². The van der Waals surface area contributed by atoms with Crippen molar-refractivity contribution in [2.75, 3.05) is 5.32 Å². The summed E-state index contributed by atoms with van der Waals surface area (Å²) in [5.74, 6) is -6.44. The zero-order chi connectivity index (χ0) is 13.9. The van der Waals surface area contributed by atoms with Crippen LogP contribution in [0.4, 0.5) is 23.2 Å². The Hall–Kier alpha value is -1.59. The van der Waals surface area contributed by atoms with Gasteiger partial charge in [0.1, 0.15) is 0 Å². The monoisotopic (exact) mass is 263 g/mol. The minimum atomic E-state index is -4.68. The zero-order valence-corrected chi connectivity index (χ0v) is 9.88. The maximum Gasteiger partial charge on any atom is 0.383 e. The second-order valence-electron chi connectivity index (χ2n) is 4.15. The fraction of sp³-hybridized carbons (Fsp3) is 0.417. The predicted octanol–water partition coefficient (Wildman–Crippen LogP) is 3.65. The first kappa shape index (κ1) is 14.5. The third kappa shape index (κ3) is 3.21. The Bertz CT molecular complexity index is 415. The maximum absolute atomic E-state index is 12.7.